The topological polar surface area (TPSA) is 176 Å². The number of hydrazine groups is 1. The number of aromatic nitrogens is 2. The number of benzene rings is 2. The molecule has 0 spiro atoms. The number of aryl methyl sites for hydroxylation is 1. The molecule has 15 nitrogen and oxygen atoms in total. The van der Waals surface area contributed by atoms with E-state index in [0.717, 1.165) is 57.4 Å². The van der Waals surface area contributed by atoms with E-state index < -0.39 is 47.2 Å². The number of carbonyl (C=O) groups excluding carboxylic acids is 5. The Bertz CT molecular complexity index is 2650. The third kappa shape index (κ3) is 8.87. The highest BCUT2D eigenvalue weighted by molar-refractivity contribution is 5.96. The van der Waals surface area contributed by atoms with Crippen LogP contribution in [-0.4, -0.2) is 118 Å². The van der Waals surface area contributed by atoms with Crippen molar-refractivity contribution in [3.63, 3.8) is 0 Å². The number of phenols is 1. The summed E-state index contributed by atoms with van der Waals surface area (Å²) >= 11 is 0. The largest absolute Gasteiger partial charge is 0.508 e. The van der Waals surface area contributed by atoms with E-state index in [0.29, 0.717) is 56.8 Å². The number of aromatic hydroxyl groups is 1. The van der Waals surface area contributed by atoms with Crippen molar-refractivity contribution in [3.8, 4) is 28.1 Å². The number of phenolic OH excluding ortho intramolecular Hbond substituents is 1. The first-order valence-electron chi connectivity index (χ1n) is 24.5. The summed E-state index contributed by atoms with van der Waals surface area (Å²) in [7, 11) is 3.30. The van der Waals surface area contributed by atoms with Gasteiger partial charge in [-0.2, -0.15) is 0 Å². The van der Waals surface area contributed by atoms with E-state index in [-0.39, 0.29) is 54.6 Å². The maximum Gasteiger partial charge on any atom is 0.324 e. The van der Waals surface area contributed by atoms with Gasteiger partial charge in [0.1, 0.15) is 23.9 Å². The van der Waals surface area contributed by atoms with Crippen molar-refractivity contribution in [2.75, 3.05) is 40.4 Å². The van der Waals surface area contributed by atoms with Crippen molar-refractivity contribution in [3.05, 3.63) is 71.5 Å². The summed E-state index contributed by atoms with van der Waals surface area (Å²) in [4.78, 5) is 78.8. The molecule has 3 N–H and O–H groups in total. The number of carbonyl (C=O) groups is 5. The van der Waals surface area contributed by atoms with Crippen molar-refractivity contribution in [1.29, 1.82) is 0 Å². The van der Waals surface area contributed by atoms with Crippen LogP contribution in [0, 0.1) is 28.6 Å². The Morgan fingerprint density at radius 1 is 1.04 bits per heavy atom. The molecule has 0 radical (unpaired) electrons. The van der Waals surface area contributed by atoms with Gasteiger partial charge in [0, 0.05) is 74.8 Å². The number of fused-ring (bicyclic) bond motifs is 7. The quantitative estimate of drug-likeness (QED) is 0.156. The van der Waals surface area contributed by atoms with Crippen LogP contribution in [0.1, 0.15) is 96.6 Å². The summed E-state index contributed by atoms with van der Waals surface area (Å²) in [5.74, 6) is -1.73. The molecule has 4 aromatic rings. The summed E-state index contributed by atoms with van der Waals surface area (Å²) in [6.45, 7) is 13.9. The van der Waals surface area contributed by atoms with Gasteiger partial charge in [-0.15, -0.1) is 0 Å². The van der Waals surface area contributed by atoms with Crippen LogP contribution in [0.15, 0.2) is 54.7 Å². The van der Waals surface area contributed by atoms with Crippen molar-refractivity contribution in [1.82, 2.24) is 35.1 Å². The molecular weight excluding hydrogens is 863 g/mol. The van der Waals surface area contributed by atoms with Crippen molar-refractivity contribution in [2.45, 2.75) is 117 Å². The molecule has 2 saturated carbocycles. The summed E-state index contributed by atoms with van der Waals surface area (Å²) in [6, 6.07) is 12.6. The molecule has 4 amide bonds. The molecule has 0 unspecified atom stereocenters. The molecule has 9 rings (SSSR count). The minimum Gasteiger partial charge on any atom is -0.508 e. The average Bonchev–Trinajstić information content (AvgIpc) is 4.11. The number of nitrogens with one attached hydrogen (secondary N) is 2. The number of ether oxygens (including phenoxy) is 2. The highest BCUT2D eigenvalue weighted by Gasteiger charge is 2.75. The van der Waals surface area contributed by atoms with E-state index in [1.807, 2.05) is 43.9 Å². The molecule has 362 valence electrons. The van der Waals surface area contributed by atoms with Crippen LogP contribution in [0.2, 0.25) is 0 Å². The molecule has 2 aromatic carbocycles. The Morgan fingerprint density at radius 2 is 1.81 bits per heavy atom. The summed E-state index contributed by atoms with van der Waals surface area (Å²) < 4.78 is 14.2. The van der Waals surface area contributed by atoms with Gasteiger partial charge in [0.25, 0.3) is 5.91 Å². The molecule has 68 heavy (non-hydrogen) atoms. The van der Waals surface area contributed by atoms with Crippen molar-refractivity contribution < 1.29 is 38.6 Å². The van der Waals surface area contributed by atoms with Gasteiger partial charge in [-0.25, -0.2) is 5.43 Å². The fourth-order valence-corrected chi connectivity index (χ4v) is 11.2. The fraction of sp³-hybridized carbons (Fsp3) is 0.547. The Kier molecular flexibility index (Phi) is 12.7. The van der Waals surface area contributed by atoms with E-state index in [1.54, 1.807) is 32.5 Å². The molecule has 4 fully saturated rings. The van der Waals surface area contributed by atoms with E-state index in [1.165, 1.54) is 9.91 Å². The lowest BCUT2D eigenvalue weighted by molar-refractivity contribution is -0.155. The number of likely N-dealkylation sites (N-methyl/N-ethyl adjacent to an activating group) is 1. The standard InChI is InChI=1S/C53H67N7O8/c1-9-59-43-15-14-33-24-39(43)40(46(59)38-12-10-17-54-44(38)31(4)67-8)27-52(5,6)29-68-50(65)41-13-11-18-60(56-41)49(64)42(22-32-20-35(33)23-37(61)21-32)55-47(62)45(30(2)3)57(7)48(63)34-16-19-58(28-34)51(66)53-25-36(53)26-53/h10,12,14-15,17,20-21,23-24,30-31,34,36,41-42,45,56,61H,9,11,13,16,18-19,22,25-29H2,1-8H3,(H,55,62)/t31-,34-,36?,41-,42-,45-,53?/m0/s1. The molecule has 15 heteroatoms. The van der Waals surface area contributed by atoms with Gasteiger partial charge in [0.15, 0.2) is 0 Å². The van der Waals surface area contributed by atoms with E-state index in [2.05, 4.69) is 54.3 Å². The lowest BCUT2D eigenvalue weighted by Crippen LogP contribution is -2.62. The van der Waals surface area contributed by atoms with Crippen molar-refractivity contribution in [2.24, 2.45) is 28.6 Å². The zero-order valence-corrected chi connectivity index (χ0v) is 40.8. The average molecular weight is 930 g/mol. The van der Waals surface area contributed by atoms with Gasteiger partial charge >= 0.3 is 5.97 Å². The molecule has 5 heterocycles. The normalized spacial score (nSPS) is 25.3. The monoisotopic (exact) mass is 930 g/mol. The first-order chi connectivity index (χ1) is 32.4. The number of cyclic esters (lactones) is 1. The summed E-state index contributed by atoms with van der Waals surface area (Å²) in [5.41, 5.74) is 9.44. The van der Waals surface area contributed by atoms with Crippen LogP contribution in [0.3, 0.4) is 0 Å². The minimum absolute atomic E-state index is 0.00173. The number of pyridine rings is 1. The van der Waals surface area contributed by atoms with E-state index >= 15 is 0 Å². The van der Waals surface area contributed by atoms with E-state index in [4.69, 9.17) is 14.5 Å². The lowest BCUT2D eigenvalue weighted by atomic mass is 9.84. The third-order valence-corrected chi connectivity index (χ3v) is 15.3. The fourth-order valence-electron chi connectivity index (χ4n) is 11.2. The van der Waals surface area contributed by atoms with Gasteiger partial charge in [0.2, 0.25) is 17.7 Å². The number of likely N-dealkylation sites (tertiary alicyclic amines) is 1. The van der Waals surface area contributed by atoms with Crippen molar-refractivity contribution >= 4 is 40.5 Å². The molecule has 6 bridgehead atoms. The van der Waals surface area contributed by atoms with Crippen LogP contribution in [0.25, 0.3) is 33.3 Å². The first kappa shape index (κ1) is 47.3. The van der Waals surface area contributed by atoms with Gasteiger partial charge in [-0.3, -0.25) is 34.0 Å². The molecule has 5 atom stereocenters. The zero-order chi connectivity index (χ0) is 48.4. The Balaban J connectivity index is 1.08. The maximum absolute atomic E-state index is 14.8. The molecule has 5 aliphatic rings. The first-order valence-corrected chi connectivity index (χ1v) is 24.5. The van der Waals surface area contributed by atoms with Gasteiger partial charge in [-0.05, 0) is 123 Å². The van der Waals surface area contributed by atoms with Crippen LogP contribution < -0.4 is 10.7 Å². The SMILES string of the molecule is CCn1c(-c2cccnc2[C@H](C)OC)c2c3cc(ccc31)-c1cc(O)cc(c1)C[C@H](NC(=O)[C@H](C(C)C)N(C)C(=O)[C@H]1CCN(C(=O)C34CC3C4)C1)C(=O)N1CCC[C@H](N1)C(=O)OCC(C)(C)C2. The summed E-state index contributed by atoms with van der Waals surface area (Å²) in [6.07, 6.45) is 5.44. The number of rotatable bonds is 10. The number of hydrogen-bond acceptors (Lipinski definition) is 10. The maximum atomic E-state index is 14.8. The number of nitrogens with zero attached hydrogens (tertiary/aromatic N) is 5. The highest BCUT2D eigenvalue weighted by atomic mass is 16.5. The lowest BCUT2D eigenvalue weighted by Gasteiger charge is -2.37. The zero-order valence-electron chi connectivity index (χ0n) is 40.8. The second-order valence-corrected chi connectivity index (χ2v) is 21.2. The predicted molar refractivity (Wildman–Crippen MR) is 257 cm³/mol. The summed E-state index contributed by atoms with van der Waals surface area (Å²) in [5, 5.41) is 16.8. The Labute approximate surface area is 398 Å². The Morgan fingerprint density at radius 3 is 2.51 bits per heavy atom. The molecule has 2 aliphatic carbocycles. The number of hydrogen-bond donors (Lipinski definition) is 3. The van der Waals surface area contributed by atoms with E-state index in [9.17, 15) is 29.1 Å². The Hall–Kier alpha value is -5.80. The van der Waals surface area contributed by atoms with Crippen LogP contribution >= 0.6 is 0 Å². The minimum atomic E-state index is -1.15. The number of amides is 4. The second-order valence-electron chi connectivity index (χ2n) is 21.2. The van der Waals surface area contributed by atoms with Crippen LogP contribution in [0.5, 0.6) is 5.75 Å². The highest BCUT2D eigenvalue weighted by Crippen LogP contribution is 2.76. The van der Waals surface area contributed by atoms with Gasteiger partial charge in [-0.1, -0.05) is 39.8 Å². The number of methoxy groups -OCH3 is 1. The molecular formula is C53H67N7O8. The molecule has 2 saturated heterocycles. The molecule has 2 aromatic heterocycles. The smallest absolute Gasteiger partial charge is 0.324 e. The van der Waals surface area contributed by atoms with Crippen LogP contribution in [0.4, 0.5) is 0 Å². The van der Waals surface area contributed by atoms with Crippen LogP contribution in [-0.2, 0) is 52.8 Å². The predicted octanol–water partition coefficient (Wildman–Crippen LogP) is 6.19. The van der Waals surface area contributed by atoms with Gasteiger partial charge in [0.05, 0.1) is 35.4 Å². The van der Waals surface area contributed by atoms with Gasteiger partial charge < -0.3 is 34.3 Å². The number of esters is 1. The molecule has 3 aliphatic heterocycles. The third-order valence-electron chi connectivity index (χ3n) is 15.3. The second kappa shape index (κ2) is 18.3.